The van der Waals surface area contributed by atoms with Crippen molar-refractivity contribution >= 4 is 19.0 Å². The summed E-state index contributed by atoms with van der Waals surface area (Å²) in [6, 6.07) is 14.7. The van der Waals surface area contributed by atoms with Gasteiger partial charge >= 0.3 is 7.82 Å². The van der Waals surface area contributed by atoms with Crippen molar-refractivity contribution in [3.63, 3.8) is 0 Å². The first-order chi connectivity index (χ1) is 11.7. The monoisotopic (exact) mass is 366 g/mol. The fraction of sp³-hybridized carbons (Fsp3) is 0.222. The fourth-order valence-corrected chi connectivity index (χ4v) is 2.51. The second kappa shape index (κ2) is 9.39. The number of phenolic OH excluding ortho intramolecular Hbond substituents is 2. The van der Waals surface area contributed by atoms with Gasteiger partial charge in [0.25, 0.3) is 0 Å². The van der Waals surface area contributed by atoms with Crippen LogP contribution in [0.15, 0.2) is 48.5 Å². The summed E-state index contributed by atoms with van der Waals surface area (Å²) in [6.45, 7) is 4.27. The standard InChI is InChI=1S/C18H20O2.H3O4P/c1-3-17(13-5-9-15(19)10-6-13)18(4-2)14-7-11-16(20)12-8-14;1-5(2,3)4/h5-12,19-20H,3-4H2,1-2H3;(H3,1,2,3,4). The number of hydrogen-bond acceptors (Lipinski definition) is 3. The Morgan fingerprint density at radius 3 is 1.16 bits per heavy atom. The molecule has 0 fully saturated rings. The third kappa shape index (κ3) is 7.54. The van der Waals surface area contributed by atoms with Crippen molar-refractivity contribution in [1.29, 1.82) is 0 Å². The lowest BCUT2D eigenvalue weighted by atomic mass is 9.91. The van der Waals surface area contributed by atoms with E-state index in [1.807, 2.05) is 24.3 Å². The van der Waals surface area contributed by atoms with Crippen LogP contribution in [-0.2, 0) is 4.57 Å². The summed E-state index contributed by atoms with van der Waals surface area (Å²) in [5.74, 6) is 0.568. The lowest BCUT2D eigenvalue weighted by molar-refractivity contribution is 0.275. The van der Waals surface area contributed by atoms with Crippen molar-refractivity contribution in [3.05, 3.63) is 59.7 Å². The Bertz CT molecular complexity index is 680. The maximum absolute atomic E-state index is 9.41. The average Bonchev–Trinajstić information content (AvgIpc) is 2.53. The predicted octanol–water partition coefficient (Wildman–Crippen LogP) is 3.90. The molecule has 6 nitrogen and oxygen atoms in total. The van der Waals surface area contributed by atoms with Gasteiger partial charge in [0.2, 0.25) is 0 Å². The molecule has 0 aromatic heterocycles. The summed E-state index contributed by atoms with van der Waals surface area (Å²) in [4.78, 5) is 21.6. The summed E-state index contributed by atoms with van der Waals surface area (Å²) in [7, 11) is -4.64. The molecule has 25 heavy (non-hydrogen) atoms. The van der Waals surface area contributed by atoms with Crippen LogP contribution in [-0.4, -0.2) is 24.9 Å². The fourth-order valence-electron chi connectivity index (χ4n) is 2.51. The van der Waals surface area contributed by atoms with E-state index in [1.54, 1.807) is 24.3 Å². The first-order valence-electron chi connectivity index (χ1n) is 7.74. The van der Waals surface area contributed by atoms with Gasteiger partial charge in [-0.15, -0.1) is 0 Å². The minimum atomic E-state index is -4.64. The zero-order chi connectivity index (χ0) is 19.0. The lowest BCUT2D eigenvalue weighted by Crippen LogP contribution is -1.91. The zero-order valence-corrected chi connectivity index (χ0v) is 15.0. The summed E-state index contributed by atoms with van der Waals surface area (Å²) in [5, 5.41) is 18.8. The Kier molecular flexibility index (Phi) is 7.87. The van der Waals surface area contributed by atoms with E-state index in [-0.39, 0.29) is 11.5 Å². The maximum Gasteiger partial charge on any atom is 0.466 e. The summed E-state index contributed by atoms with van der Waals surface area (Å²) in [5.41, 5.74) is 4.82. The van der Waals surface area contributed by atoms with E-state index in [1.165, 1.54) is 11.1 Å². The molecule has 5 N–H and O–H groups in total. The highest BCUT2D eigenvalue weighted by Gasteiger charge is 2.09. The summed E-state index contributed by atoms with van der Waals surface area (Å²) >= 11 is 0. The zero-order valence-electron chi connectivity index (χ0n) is 14.1. The van der Waals surface area contributed by atoms with Crippen LogP contribution < -0.4 is 0 Å². The number of rotatable bonds is 4. The molecule has 0 radical (unpaired) electrons. The van der Waals surface area contributed by atoms with Gasteiger partial charge in [-0.25, -0.2) is 4.57 Å². The van der Waals surface area contributed by atoms with Crippen LogP contribution in [0.4, 0.5) is 0 Å². The van der Waals surface area contributed by atoms with Crippen LogP contribution >= 0.6 is 7.82 Å². The van der Waals surface area contributed by atoms with Crippen LogP contribution in [0.1, 0.15) is 37.8 Å². The molecule has 0 saturated heterocycles. The molecule has 0 aliphatic rings. The minimum absolute atomic E-state index is 0.284. The van der Waals surface area contributed by atoms with E-state index in [9.17, 15) is 10.2 Å². The molecule has 136 valence electrons. The van der Waals surface area contributed by atoms with E-state index in [0.29, 0.717) is 0 Å². The predicted molar refractivity (Wildman–Crippen MR) is 97.9 cm³/mol. The first kappa shape index (κ1) is 20.9. The van der Waals surface area contributed by atoms with E-state index < -0.39 is 7.82 Å². The van der Waals surface area contributed by atoms with Crippen molar-refractivity contribution in [2.75, 3.05) is 0 Å². The molecule has 2 rings (SSSR count). The highest BCUT2D eigenvalue weighted by molar-refractivity contribution is 7.45. The van der Waals surface area contributed by atoms with Crippen LogP contribution in [0, 0.1) is 0 Å². The normalized spacial score (nSPS) is 12.0. The maximum atomic E-state index is 9.41. The van der Waals surface area contributed by atoms with Gasteiger partial charge in [0.1, 0.15) is 11.5 Å². The minimum Gasteiger partial charge on any atom is -0.508 e. The SMILES string of the molecule is CCC(=C(CC)c1ccc(O)cc1)c1ccc(O)cc1.O=P(O)(O)O. The van der Waals surface area contributed by atoms with Crippen molar-refractivity contribution in [1.82, 2.24) is 0 Å². The number of benzene rings is 2. The van der Waals surface area contributed by atoms with Gasteiger partial charge in [0.15, 0.2) is 0 Å². The Morgan fingerprint density at radius 2 is 0.960 bits per heavy atom. The molecule has 2 aromatic carbocycles. The molecule has 2 aromatic rings. The smallest absolute Gasteiger partial charge is 0.466 e. The van der Waals surface area contributed by atoms with Gasteiger partial charge in [-0.05, 0) is 59.4 Å². The number of phenols is 2. The molecular weight excluding hydrogens is 343 g/mol. The Labute approximate surface area is 147 Å². The Morgan fingerprint density at radius 1 is 0.720 bits per heavy atom. The Hall–Kier alpha value is -2.11. The highest BCUT2D eigenvalue weighted by Crippen LogP contribution is 2.32. The molecule has 0 saturated carbocycles. The first-order valence-corrected chi connectivity index (χ1v) is 9.31. The third-order valence-electron chi connectivity index (χ3n) is 3.50. The number of phosphoric acid groups is 1. The quantitative estimate of drug-likeness (QED) is 0.414. The topological polar surface area (TPSA) is 118 Å². The van der Waals surface area contributed by atoms with Gasteiger partial charge in [-0.2, -0.15) is 0 Å². The molecular formula is C18H23O6P. The Balaban J connectivity index is 0.000000550. The molecule has 0 aliphatic carbocycles. The summed E-state index contributed by atoms with van der Waals surface area (Å²) < 4.78 is 8.88. The van der Waals surface area contributed by atoms with Crippen LogP contribution in [0.3, 0.4) is 0 Å². The second-order valence-corrected chi connectivity index (χ2v) is 6.30. The summed E-state index contributed by atoms with van der Waals surface area (Å²) in [6.07, 6.45) is 1.85. The largest absolute Gasteiger partial charge is 0.508 e. The van der Waals surface area contributed by atoms with Gasteiger partial charge < -0.3 is 24.9 Å². The highest BCUT2D eigenvalue weighted by atomic mass is 31.2. The molecule has 0 spiro atoms. The number of aromatic hydroxyl groups is 2. The molecule has 7 heteroatoms. The second-order valence-electron chi connectivity index (χ2n) is 5.27. The van der Waals surface area contributed by atoms with Gasteiger partial charge in [-0.1, -0.05) is 38.1 Å². The molecule has 0 unspecified atom stereocenters. The van der Waals surface area contributed by atoms with Crippen molar-refractivity contribution < 1.29 is 29.5 Å². The van der Waals surface area contributed by atoms with Crippen molar-refractivity contribution in [2.45, 2.75) is 26.7 Å². The molecule has 0 heterocycles. The molecule has 0 aliphatic heterocycles. The van der Waals surface area contributed by atoms with Crippen LogP contribution in [0.2, 0.25) is 0 Å². The molecule has 0 atom stereocenters. The van der Waals surface area contributed by atoms with Crippen molar-refractivity contribution in [2.24, 2.45) is 0 Å². The molecule has 0 amide bonds. The van der Waals surface area contributed by atoms with Crippen molar-refractivity contribution in [3.8, 4) is 11.5 Å². The van der Waals surface area contributed by atoms with Crippen LogP contribution in [0.25, 0.3) is 11.1 Å². The average molecular weight is 366 g/mol. The van der Waals surface area contributed by atoms with E-state index in [4.69, 9.17) is 19.2 Å². The number of allylic oxidation sites excluding steroid dienone is 2. The van der Waals surface area contributed by atoms with Gasteiger partial charge in [-0.3, -0.25) is 0 Å². The lowest BCUT2D eigenvalue weighted by Gasteiger charge is -2.14. The van der Waals surface area contributed by atoms with E-state index in [0.717, 1.165) is 24.0 Å². The van der Waals surface area contributed by atoms with Crippen LogP contribution in [0.5, 0.6) is 11.5 Å². The molecule has 0 bridgehead atoms. The van der Waals surface area contributed by atoms with Gasteiger partial charge in [0, 0.05) is 0 Å². The number of hydrogen-bond donors (Lipinski definition) is 5. The van der Waals surface area contributed by atoms with Gasteiger partial charge in [0.05, 0.1) is 0 Å². The third-order valence-corrected chi connectivity index (χ3v) is 3.50. The van der Waals surface area contributed by atoms with E-state index >= 15 is 0 Å². The van der Waals surface area contributed by atoms with E-state index in [2.05, 4.69) is 13.8 Å².